The Kier molecular flexibility index (Phi) is 217. The predicted octanol–water partition coefficient (Wildman–Crippen LogP) is -6.23. The summed E-state index contributed by atoms with van der Waals surface area (Å²) in [4.78, 5) is 0. The van der Waals surface area contributed by atoms with Crippen LogP contribution >= 0.6 is 0 Å². The van der Waals surface area contributed by atoms with Crippen molar-refractivity contribution >= 4 is 0 Å². The van der Waals surface area contributed by atoms with Crippen LogP contribution < -0.4 is 21.7 Å². The minimum absolute atomic E-state index is 0.0305. The van der Waals surface area contributed by atoms with Crippen molar-refractivity contribution in [2.45, 2.75) is 50.6 Å². The van der Waals surface area contributed by atoms with E-state index >= 15 is 0 Å². The lowest BCUT2D eigenvalue weighted by Gasteiger charge is -2.12. The van der Waals surface area contributed by atoms with Gasteiger partial charge >= 0.3 is 0 Å². The maximum absolute atomic E-state index is 9.49. The molecule has 818 valence electrons. The van der Waals surface area contributed by atoms with Crippen LogP contribution in [0, 0.1) is 0 Å². The van der Waals surface area contributed by atoms with Crippen LogP contribution in [-0.2, 0) is 137 Å². The Morgan fingerprint density at radius 1 is 0.197 bits per heavy atom. The topological polar surface area (TPSA) is 633 Å². The lowest BCUT2D eigenvalue weighted by atomic mass is 10.2. The van der Waals surface area contributed by atoms with Gasteiger partial charge in [0.05, 0.1) is 357 Å². The molecule has 0 spiro atoms. The molecule has 4 unspecified atom stereocenters. The van der Waals surface area contributed by atoms with E-state index in [1.165, 1.54) is 7.11 Å². The SMILES string of the molecule is CCOCCOCC(O)COCCOCCOC.CNCCOCCO.COCC(O)CO.COCCCCCO.COCCO.COCCOCC(O)CO.COCCOCC(O)COCCO.COCCOCCN.COCCOCCNCCO.COCCOCCNCCO.COCCOCCO.COCCOCCOCCO.COCCOCCOCCOCCO. The second-order valence-corrected chi connectivity index (χ2v) is 24.6. The largest absolute Gasteiger partial charge is 0.396 e. The molecule has 0 rings (SSSR count). The average molecular weight is 1970 g/mol. The van der Waals surface area contributed by atoms with Gasteiger partial charge in [-0.1, -0.05) is 0 Å². The maximum Gasteiger partial charge on any atom is 0.101 e. The smallest absolute Gasteiger partial charge is 0.101 e. The molecule has 0 aliphatic heterocycles. The summed E-state index contributed by atoms with van der Waals surface area (Å²) in [5, 5.41) is 136. The third-order valence-electron chi connectivity index (χ3n) is 12.9. The van der Waals surface area contributed by atoms with Crippen LogP contribution in [0.1, 0.15) is 26.2 Å². The second-order valence-electron chi connectivity index (χ2n) is 24.6. The lowest BCUT2D eigenvalue weighted by molar-refractivity contribution is -0.0428. The first-order chi connectivity index (χ1) is 64.5. The third kappa shape index (κ3) is 229. The predicted molar refractivity (Wildman–Crippen MR) is 497 cm³/mol. The number of nitrogens with one attached hydrogen (secondary N) is 3. The van der Waals surface area contributed by atoms with E-state index in [1.807, 2.05) is 14.0 Å². The van der Waals surface area contributed by atoms with Gasteiger partial charge in [0.15, 0.2) is 0 Å². The molecule has 0 saturated heterocycles. The number of aliphatic hydroxyl groups is 15. The summed E-state index contributed by atoms with van der Waals surface area (Å²) in [5.41, 5.74) is 5.14. The Morgan fingerprint density at radius 3 is 0.667 bits per heavy atom. The molecule has 0 aromatic carbocycles. The molecule has 0 saturated carbocycles. The molecule has 48 nitrogen and oxygen atoms in total. The molecule has 0 aliphatic rings. The first kappa shape index (κ1) is 158. The van der Waals surface area contributed by atoms with Gasteiger partial charge in [0, 0.05) is 144 Å². The molecule has 20 N–H and O–H groups in total. The van der Waals surface area contributed by atoms with Crippen molar-refractivity contribution in [1.29, 1.82) is 0 Å². The Labute approximate surface area is 791 Å². The van der Waals surface area contributed by atoms with Crippen LogP contribution in [0.5, 0.6) is 0 Å². The van der Waals surface area contributed by atoms with Crippen LogP contribution in [0.2, 0.25) is 0 Å². The fraction of sp³-hybridized carbons (Fsp3) is 1.00. The molecule has 0 bridgehead atoms. The van der Waals surface area contributed by atoms with Gasteiger partial charge < -0.3 is 236 Å². The monoisotopic (exact) mass is 1970 g/mol. The fourth-order valence-electron chi connectivity index (χ4n) is 6.53. The average Bonchev–Trinajstić information content (AvgIpc) is 1.06. The van der Waals surface area contributed by atoms with Crippen molar-refractivity contribution < 1.29 is 214 Å². The van der Waals surface area contributed by atoms with Gasteiger partial charge in [-0.2, -0.15) is 0 Å². The van der Waals surface area contributed by atoms with E-state index in [0.29, 0.717) is 277 Å². The molecule has 48 heteroatoms. The number of nitrogens with two attached hydrogens (primary N) is 1. The number of hydrogen-bond donors (Lipinski definition) is 19. The summed E-state index contributed by atoms with van der Waals surface area (Å²) in [6, 6.07) is 0. The van der Waals surface area contributed by atoms with Crippen molar-refractivity contribution in [1.82, 2.24) is 16.0 Å². The molecule has 0 aromatic heterocycles. The van der Waals surface area contributed by atoms with Gasteiger partial charge in [-0.25, -0.2) is 0 Å². The first-order valence-corrected chi connectivity index (χ1v) is 44.3. The first-order valence-electron chi connectivity index (χ1n) is 44.3. The van der Waals surface area contributed by atoms with E-state index in [-0.39, 0.29) is 112 Å². The van der Waals surface area contributed by atoms with E-state index in [2.05, 4.69) is 34.9 Å². The zero-order valence-corrected chi connectivity index (χ0v) is 83.6. The van der Waals surface area contributed by atoms with Crippen molar-refractivity contribution in [2.24, 2.45) is 5.73 Å². The van der Waals surface area contributed by atoms with E-state index in [9.17, 15) is 10.2 Å². The van der Waals surface area contributed by atoms with Gasteiger partial charge in [-0.05, 0) is 33.2 Å². The van der Waals surface area contributed by atoms with E-state index in [1.54, 1.807) is 78.2 Å². The second kappa shape index (κ2) is 181. The number of rotatable bonds is 89. The summed E-state index contributed by atoms with van der Waals surface area (Å²) in [6.07, 6.45) is 0.320. The highest BCUT2D eigenvalue weighted by Crippen LogP contribution is 1.94. The molecule has 0 amide bonds. The summed E-state index contributed by atoms with van der Waals surface area (Å²) < 4.78 is 143. The molecule has 0 aromatic rings. The van der Waals surface area contributed by atoms with Gasteiger partial charge in [-0.3, -0.25) is 0 Å². The van der Waals surface area contributed by atoms with E-state index in [4.69, 9.17) is 191 Å². The summed E-state index contributed by atoms with van der Waals surface area (Å²) in [6.45, 7) is 30.3. The number of aliphatic hydroxyl groups excluding tert-OH is 15. The lowest BCUT2D eigenvalue weighted by Crippen LogP contribution is -2.24. The Morgan fingerprint density at radius 2 is 0.424 bits per heavy atom. The zero-order valence-electron chi connectivity index (χ0n) is 83.6. The summed E-state index contributed by atoms with van der Waals surface area (Å²) in [5.74, 6) is 0. The third-order valence-corrected chi connectivity index (χ3v) is 12.9. The molecular formula is C84H198N4O44. The van der Waals surface area contributed by atoms with Crippen molar-refractivity contribution in [3.05, 3.63) is 0 Å². The van der Waals surface area contributed by atoms with Gasteiger partial charge in [0.1, 0.15) is 24.4 Å². The number of likely N-dealkylation sites (N-methyl/N-ethyl adjacent to an activating group) is 1. The minimum Gasteiger partial charge on any atom is -0.396 e. The van der Waals surface area contributed by atoms with Crippen LogP contribution in [-0.4, -0.2) is 609 Å². The van der Waals surface area contributed by atoms with Crippen LogP contribution in [0.3, 0.4) is 0 Å². The standard InChI is InChI=1S/C12H26O6.C9H20O5.C8H18O5.2C7H17NO3.C7H16O4.C6H14O4.C6H14O2.2C5H13NO2.C5H12O3.C4H10O3.C3H8O2/c1-3-15-6-8-17-10-12(13)11-18-9-7-16-5-4-14-2;1-11-4-5-13-8-9-14-7-6-12-3-2-10;1-11-4-5-13-7-8(10)6-12-3-2-9;2*1-10-6-7-11-5-3-8-2-4-9;1-9-4-5-11-7-6-10-3-2-8;1-9-2-3-10-5-6(8)4-7;1-8-6-4-2-3-5-7;1-6-2-4-8-5-3-7;2*1-7-4-5-8-3-2-6;1-7-3-4(6)2-5;1-5-3-2-4/h12-13H,3-11H2,1-2H3;10H,2-9H2,1H3;8-10H,2-7H2,1H3;2*8-9H,2-7H2,1H3;8H,2-7H2,1H3;6-8H,2-5H2,1H3;7H,2-6H2,1H3;6-7H,2-5H2,1H3;2-6H2,1H3;6H,2-5H2,1H3;4-6H,2-3H2,1H3;4H,2-3H2,1H3. The normalized spacial score (nSPS) is 11.2. The number of methoxy groups -OCH3 is 12. The molecule has 4 atom stereocenters. The van der Waals surface area contributed by atoms with Gasteiger partial charge in [0.2, 0.25) is 0 Å². The highest BCUT2D eigenvalue weighted by atomic mass is 16.6. The van der Waals surface area contributed by atoms with Gasteiger partial charge in [-0.15, -0.1) is 0 Å². The van der Waals surface area contributed by atoms with E-state index in [0.717, 1.165) is 45.5 Å². The quantitative estimate of drug-likeness (QED) is 0.0252. The Bertz CT molecular complexity index is 1480. The van der Waals surface area contributed by atoms with Gasteiger partial charge in [0.25, 0.3) is 0 Å². The summed E-state index contributed by atoms with van der Waals surface area (Å²) in [7, 11) is 21.2. The molecule has 0 heterocycles. The zero-order chi connectivity index (χ0) is 102. The highest BCUT2D eigenvalue weighted by Gasteiger charge is 2.06. The van der Waals surface area contributed by atoms with Crippen LogP contribution in [0.15, 0.2) is 0 Å². The summed E-state index contributed by atoms with van der Waals surface area (Å²) >= 11 is 0. The molecule has 0 aliphatic carbocycles. The molecule has 0 fully saturated rings. The van der Waals surface area contributed by atoms with E-state index < -0.39 is 24.4 Å². The Hall–Kier alpha value is -1.92. The number of hydrogen-bond acceptors (Lipinski definition) is 48. The van der Waals surface area contributed by atoms with Crippen molar-refractivity contribution in [2.75, 3.05) is 508 Å². The molecule has 132 heavy (non-hydrogen) atoms. The maximum atomic E-state index is 9.49. The molecular weight excluding hydrogens is 1770 g/mol. The van der Waals surface area contributed by atoms with Crippen molar-refractivity contribution in [3.8, 4) is 0 Å². The Balaban J connectivity index is -0.000000107. The van der Waals surface area contributed by atoms with Crippen LogP contribution in [0.4, 0.5) is 0 Å². The fourth-order valence-corrected chi connectivity index (χ4v) is 6.53. The highest BCUT2D eigenvalue weighted by molar-refractivity contribution is 4.53. The van der Waals surface area contributed by atoms with Crippen LogP contribution in [0.25, 0.3) is 0 Å². The number of unbranched alkanes of at least 4 members (excludes halogenated alkanes) is 2. The molecule has 0 radical (unpaired) electrons. The number of ether oxygens (including phenoxy) is 29. The van der Waals surface area contributed by atoms with Crippen molar-refractivity contribution in [3.63, 3.8) is 0 Å². The minimum atomic E-state index is -0.767.